The van der Waals surface area contributed by atoms with Crippen LogP contribution in [0.2, 0.25) is 0 Å². The smallest absolute Gasteiger partial charge is 0.307 e. The van der Waals surface area contributed by atoms with Gasteiger partial charge in [0.25, 0.3) is 0 Å². The van der Waals surface area contributed by atoms with Gasteiger partial charge in [0.15, 0.2) is 0 Å². The molecule has 78 valence electrons. The van der Waals surface area contributed by atoms with Crippen LogP contribution in [0.4, 0.5) is 0 Å². The van der Waals surface area contributed by atoms with Gasteiger partial charge in [-0.15, -0.1) is 12.3 Å². The Bertz CT molecular complexity index is 377. The Morgan fingerprint density at radius 1 is 1.53 bits per heavy atom. The first-order valence-corrected chi connectivity index (χ1v) is 4.59. The summed E-state index contributed by atoms with van der Waals surface area (Å²) >= 11 is 0. The number of carboxylic acid groups (broad SMARTS) is 1. The lowest BCUT2D eigenvalue weighted by Crippen LogP contribution is -2.01. The van der Waals surface area contributed by atoms with Gasteiger partial charge in [0.1, 0.15) is 5.75 Å². The van der Waals surface area contributed by atoms with Crippen LogP contribution < -0.4 is 4.74 Å². The van der Waals surface area contributed by atoms with Crippen LogP contribution in [0.1, 0.15) is 12.0 Å². The van der Waals surface area contributed by atoms with Gasteiger partial charge in [-0.2, -0.15) is 0 Å². The van der Waals surface area contributed by atoms with E-state index in [0.29, 0.717) is 18.8 Å². The van der Waals surface area contributed by atoms with E-state index in [9.17, 15) is 4.79 Å². The molecule has 1 aromatic rings. The molecule has 0 bridgehead atoms. The fraction of sp³-hybridized carbons (Fsp3) is 0.250. The van der Waals surface area contributed by atoms with E-state index in [1.807, 2.05) is 0 Å². The molecule has 0 saturated heterocycles. The lowest BCUT2D eigenvalue weighted by Gasteiger charge is -2.05. The maximum atomic E-state index is 10.5. The molecule has 0 atom stereocenters. The Labute approximate surface area is 88.7 Å². The molecule has 1 aromatic carbocycles. The zero-order chi connectivity index (χ0) is 11.1. The molecule has 1 rings (SSSR count). The number of carboxylic acids is 1. The van der Waals surface area contributed by atoms with Crippen molar-refractivity contribution in [1.29, 1.82) is 0 Å². The third kappa shape index (κ3) is 4.19. The molecular weight excluding hydrogens is 192 g/mol. The van der Waals surface area contributed by atoms with E-state index in [1.54, 1.807) is 24.3 Å². The molecule has 0 aliphatic carbocycles. The molecule has 3 heteroatoms. The summed E-state index contributed by atoms with van der Waals surface area (Å²) in [6, 6.07) is 7.01. The number of aliphatic carboxylic acids is 1. The van der Waals surface area contributed by atoms with E-state index in [4.69, 9.17) is 16.3 Å². The summed E-state index contributed by atoms with van der Waals surface area (Å²) in [5.41, 5.74) is 0.723. The minimum absolute atomic E-state index is 0.00629. The van der Waals surface area contributed by atoms with Gasteiger partial charge < -0.3 is 9.84 Å². The van der Waals surface area contributed by atoms with Crippen molar-refractivity contribution >= 4 is 5.97 Å². The highest BCUT2D eigenvalue weighted by Gasteiger charge is 2.01. The zero-order valence-electron chi connectivity index (χ0n) is 8.27. The number of terminal acetylenes is 1. The number of rotatable bonds is 5. The van der Waals surface area contributed by atoms with Gasteiger partial charge in [0.05, 0.1) is 13.0 Å². The van der Waals surface area contributed by atoms with E-state index < -0.39 is 5.97 Å². The summed E-state index contributed by atoms with van der Waals surface area (Å²) in [4.78, 5) is 10.5. The van der Waals surface area contributed by atoms with Crippen molar-refractivity contribution in [2.24, 2.45) is 0 Å². The lowest BCUT2D eigenvalue weighted by atomic mass is 10.1. The van der Waals surface area contributed by atoms with Gasteiger partial charge in [0.2, 0.25) is 0 Å². The minimum Gasteiger partial charge on any atom is -0.493 e. The van der Waals surface area contributed by atoms with E-state index in [0.717, 1.165) is 5.56 Å². The maximum absolute atomic E-state index is 10.5. The van der Waals surface area contributed by atoms with Gasteiger partial charge in [-0.3, -0.25) is 4.79 Å². The van der Waals surface area contributed by atoms with Crippen LogP contribution in [-0.2, 0) is 11.2 Å². The molecule has 0 spiro atoms. The van der Waals surface area contributed by atoms with Crippen molar-refractivity contribution in [1.82, 2.24) is 0 Å². The average molecular weight is 204 g/mol. The highest BCUT2D eigenvalue weighted by molar-refractivity contribution is 5.70. The minimum atomic E-state index is -0.851. The van der Waals surface area contributed by atoms with E-state index in [2.05, 4.69) is 5.92 Å². The van der Waals surface area contributed by atoms with Crippen molar-refractivity contribution in [3.05, 3.63) is 29.8 Å². The van der Waals surface area contributed by atoms with Crippen LogP contribution >= 0.6 is 0 Å². The van der Waals surface area contributed by atoms with E-state index in [1.165, 1.54) is 0 Å². The molecular formula is C12H12O3. The van der Waals surface area contributed by atoms with Crippen LogP contribution in [0, 0.1) is 12.3 Å². The lowest BCUT2D eigenvalue weighted by molar-refractivity contribution is -0.136. The number of hydrogen-bond acceptors (Lipinski definition) is 2. The van der Waals surface area contributed by atoms with Crippen LogP contribution in [0.5, 0.6) is 5.75 Å². The standard InChI is InChI=1S/C12H12O3/c1-2-3-7-15-11-6-4-5-10(8-11)9-12(13)14/h1,4-6,8H,3,7,9H2,(H,13,14). The van der Waals surface area contributed by atoms with Crippen molar-refractivity contribution < 1.29 is 14.6 Å². The number of benzene rings is 1. The Morgan fingerprint density at radius 3 is 3.00 bits per heavy atom. The van der Waals surface area contributed by atoms with Crippen molar-refractivity contribution in [3.63, 3.8) is 0 Å². The Morgan fingerprint density at radius 2 is 2.33 bits per heavy atom. The molecule has 0 aliphatic heterocycles. The van der Waals surface area contributed by atoms with Gasteiger partial charge in [-0.05, 0) is 17.7 Å². The largest absolute Gasteiger partial charge is 0.493 e. The predicted octanol–water partition coefficient (Wildman–Crippen LogP) is 1.72. The normalized spacial score (nSPS) is 9.27. The molecule has 0 radical (unpaired) electrons. The monoisotopic (exact) mass is 204 g/mol. The number of ether oxygens (including phenoxy) is 1. The number of carbonyl (C=O) groups is 1. The maximum Gasteiger partial charge on any atom is 0.307 e. The van der Waals surface area contributed by atoms with Crippen molar-refractivity contribution in [2.45, 2.75) is 12.8 Å². The van der Waals surface area contributed by atoms with Crippen LogP contribution in [0.25, 0.3) is 0 Å². The second-order valence-electron chi connectivity index (χ2n) is 3.02. The second kappa shape index (κ2) is 5.71. The Hall–Kier alpha value is -1.95. The molecule has 0 aliphatic rings. The quantitative estimate of drug-likeness (QED) is 0.586. The first kappa shape index (κ1) is 11.1. The molecule has 0 unspecified atom stereocenters. The van der Waals surface area contributed by atoms with Crippen molar-refractivity contribution in [2.75, 3.05) is 6.61 Å². The van der Waals surface area contributed by atoms with Gasteiger partial charge in [-0.1, -0.05) is 12.1 Å². The van der Waals surface area contributed by atoms with E-state index >= 15 is 0 Å². The third-order valence-corrected chi connectivity index (χ3v) is 1.77. The number of hydrogen-bond donors (Lipinski definition) is 1. The molecule has 3 nitrogen and oxygen atoms in total. The highest BCUT2D eigenvalue weighted by atomic mass is 16.5. The van der Waals surface area contributed by atoms with Crippen LogP contribution in [0.15, 0.2) is 24.3 Å². The van der Waals surface area contributed by atoms with Gasteiger partial charge in [-0.25, -0.2) is 0 Å². The fourth-order valence-electron chi connectivity index (χ4n) is 1.15. The summed E-state index contributed by atoms with van der Waals surface area (Å²) in [5, 5.41) is 8.60. The topological polar surface area (TPSA) is 46.5 Å². The molecule has 0 saturated carbocycles. The zero-order valence-corrected chi connectivity index (χ0v) is 8.27. The predicted molar refractivity (Wildman–Crippen MR) is 56.7 cm³/mol. The fourth-order valence-corrected chi connectivity index (χ4v) is 1.15. The first-order valence-electron chi connectivity index (χ1n) is 4.59. The van der Waals surface area contributed by atoms with Crippen LogP contribution in [0.3, 0.4) is 0 Å². The molecule has 15 heavy (non-hydrogen) atoms. The molecule has 0 heterocycles. The van der Waals surface area contributed by atoms with E-state index in [-0.39, 0.29) is 6.42 Å². The molecule has 0 fully saturated rings. The third-order valence-electron chi connectivity index (χ3n) is 1.77. The molecule has 0 aromatic heterocycles. The Kier molecular flexibility index (Phi) is 4.24. The SMILES string of the molecule is C#CCCOc1cccc(CC(=O)O)c1. The summed E-state index contributed by atoms with van der Waals surface area (Å²) in [7, 11) is 0. The molecule has 0 amide bonds. The van der Waals surface area contributed by atoms with Gasteiger partial charge >= 0.3 is 5.97 Å². The summed E-state index contributed by atoms with van der Waals surface area (Å²) in [6.45, 7) is 0.451. The summed E-state index contributed by atoms with van der Waals surface area (Å²) in [5.74, 6) is 2.27. The highest BCUT2D eigenvalue weighted by Crippen LogP contribution is 2.13. The second-order valence-corrected chi connectivity index (χ2v) is 3.02. The summed E-state index contributed by atoms with van der Waals surface area (Å²) in [6.07, 6.45) is 5.63. The molecule has 1 N–H and O–H groups in total. The average Bonchev–Trinajstić information content (AvgIpc) is 2.18. The van der Waals surface area contributed by atoms with Crippen molar-refractivity contribution in [3.8, 4) is 18.1 Å². The van der Waals surface area contributed by atoms with Crippen LogP contribution in [-0.4, -0.2) is 17.7 Å². The Balaban J connectivity index is 2.58. The summed E-state index contributed by atoms with van der Waals surface area (Å²) < 4.78 is 5.33. The van der Waals surface area contributed by atoms with Gasteiger partial charge in [0, 0.05) is 6.42 Å². The first-order chi connectivity index (χ1) is 7.22.